The van der Waals surface area contributed by atoms with E-state index in [0.717, 1.165) is 6.42 Å². The van der Waals surface area contributed by atoms with E-state index in [-0.39, 0.29) is 11.9 Å². The molecule has 1 aliphatic heterocycles. The highest BCUT2D eigenvalue weighted by Gasteiger charge is 2.39. The van der Waals surface area contributed by atoms with Crippen molar-refractivity contribution >= 4 is 5.69 Å². The van der Waals surface area contributed by atoms with Gasteiger partial charge < -0.3 is 5.32 Å². The molecule has 0 bridgehead atoms. The molecule has 0 aromatic heterocycles. The first kappa shape index (κ1) is 13.6. The molecule has 2 heteroatoms. The van der Waals surface area contributed by atoms with Gasteiger partial charge in [0.05, 0.1) is 6.04 Å². The number of benzene rings is 2. The monoisotopic (exact) mass is 293 g/mol. The van der Waals surface area contributed by atoms with Crippen LogP contribution >= 0.6 is 0 Å². The zero-order chi connectivity index (χ0) is 15.3. The standard InChI is InChI=1S/C20H20FN/c1-12-6-7-13(2)19-18(12)16-4-3-5-17(16)20(22-19)14-8-10-15(21)11-9-14/h3-4,6-11,16-17,20,22H,5H2,1-2H3/t16-,17+,20+/m0/s1. The Hall–Kier alpha value is -2.09. The van der Waals surface area contributed by atoms with Gasteiger partial charge in [0, 0.05) is 11.6 Å². The number of halogens is 1. The Morgan fingerprint density at radius 3 is 2.50 bits per heavy atom. The molecule has 112 valence electrons. The average molecular weight is 293 g/mol. The average Bonchev–Trinajstić information content (AvgIpc) is 3.00. The molecule has 0 unspecified atom stereocenters. The van der Waals surface area contributed by atoms with E-state index in [0.29, 0.717) is 11.8 Å². The van der Waals surface area contributed by atoms with Gasteiger partial charge in [-0.05, 0) is 60.6 Å². The molecule has 0 spiro atoms. The van der Waals surface area contributed by atoms with Crippen LogP contribution in [0.15, 0.2) is 48.6 Å². The molecule has 1 N–H and O–H groups in total. The molecule has 4 rings (SSSR count). The van der Waals surface area contributed by atoms with Gasteiger partial charge in [-0.3, -0.25) is 0 Å². The van der Waals surface area contributed by atoms with E-state index in [9.17, 15) is 4.39 Å². The second-order valence-electron chi connectivity index (χ2n) is 6.52. The van der Waals surface area contributed by atoms with E-state index >= 15 is 0 Å². The van der Waals surface area contributed by atoms with Crippen LogP contribution in [-0.2, 0) is 0 Å². The number of hydrogen-bond acceptors (Lipinski definition) is 1. The van der Waals surface area contributed by atoms with E-state index < -0.39 is 0 Å². The molecule has 0 fully saturated rings. The zero-order valence-corrected chi connectivity index (χ0v) is 12.9. The number of fused-ring (bicyclic) bond motifs is 3. The number of rotatable bonds is 1. The maximum Gasteiger partial charge on any atom is 0.123 e. The summed E-state index contributed by atoms with van der Waals surface area (Å²) in [5.41, 5.74) is 6.52. The number of allylic oxidation sites excluding steroid dienone is 2. The molecule has 2 aromatic rings. The summed E-state index contributed by atoms with van der Waals surface area (Å²) >= 11 is 0. The largest absolute Gasteiger partial charge is 0.377 e. The predicted molar refractivity (Wildman–Crippen MR) is 88.7 cm³/mol. The van der Waals surface area contributed by atoms with Crippen LogP contribution in [0, 0.1) is 25.6 Å². The zero-order valence-electron chi connectivity index (χ0n) is 12.9. The summed E-state index contributed by atoms with van der Waals surface area (Å²) in [6.45, 7) is 4.35. The lowest BCUT2D eigenvalue weighted by Gasteiger charge is -2.39. The minimum absolute atomic E-state index is 0.173. The molecule has 0 saturated carbocycles. The topological polar surface area (TPSA) is 12.0 Å². The summed E-state index contributed by atoms with van der Waals surface area (Å²) in [5, 5.41) is 3.75. The minimum Gasteiger partial charge on any atom is -0.377 e. The minimum atomic E-state index is -0.173. The van der Waals surface area contributed by atoms with Gasteiger partial charge in [-0.2, -0.15) is 0 Å². The molecule has 1 heterocycles. The first-order valence-corrected chi connectivity index (χ1v) is 7.94. The van der Waals surface area contributed by atoms with E-state index in [1.165, 1.54) is 27.9 Å². The molecule has 2 aromatic carbocycles. The van der Waals surface area contributed by atoms with Crippen molar-refractivity contribution in [2.75, 3.05) is 5.32 Å². The van der Waals surface area contributed by atoms with E-state index in [1.54, 1.807) is 12.1 Å². The summed E-state index contributed by atoms with van der Waals surface area (Å²) in [5.74, 6) is 0.803. The van der Waals surface area contributed by atoms with Gasteiger partial charge in [-0.1, -0.05) is 36.4 Å². The molecule has 3 atom stereocenters. The maximum atomic E-state index is 13.2. The summed E-state index contributed by atoms with van der Waals surface area (Å²) in [6, 6.07) is 11.6. The van der Waals surface area contributed by atoms with Gasteiger partial charge in [0.2, 0.25) is 0 Å². The first-order valence-electron chi connectivity index (χ1n) is 7.94. The number of nitrogens with one attached hydrogen (secondary N) is 1. The highest BCUT2D eigenvalue weighted by Crippen LogP contribution is 2.51. The fourth-order valence-corrected chi connectivity index (χ4v) is 4.04. The third-order valence-corrected chi connectivity index (χ3v) is 5.18. The molecular weight excluding hydrogens is 273 g/mol. The van der Waals surface area contributed by atoms with Gasteiger partial charge >= 0.3 is 0 Å². The third kappa shape index (κ3) is 1.98. The van der Waals surface area contributed by atoms with Crippen LogP contribution in [0.25, 0.3) is 0 Å². The fourth-order valence-electron chi connectivity index (χ4n) is 4.04. The van der Waals surface area contributed by atoms with Crippen LogP contribution in [0.5, 0.6) is 0 Å². The van der Waals surface area contributed by atoms with E-state index in [2.05, 4.69) is 43.4 Å². The Bertz CT molecular complexity index is 745. The molecule has 0 amide bonds. The Kier molecular flexibility index (Phi) is 3.07. The van der Waals surface area contributed by atoms with Crippen molar-refractivity contribution in [3.63, 3.8) is 0 Å². The molecule has 2 aliphatic rings. The fraction of sp³-hybridized carbons (Fsp3) is 0.300. The highest BCUT2D eigenvalue weighted by molar-refractivity contribution is 5.66. The summed E-state index contributed by atoms with van der Waals surface area (Å²) < 4.78 is 13.2. The van der Waals surface area contributed by atoms with E-state index in [1.807, 2.05) is 12.1 Å². The molecule has 22 heavy (non-hydrogen) atoms. The van der Waals surface area contributed by atoms with Crippen LogP contribution in [0.4, 0.5) is 10.1 Å². The van der Waals surface area contributed by atoms with Crippen LogP contribution in [0.3, 0.4) is 0 Å². The second-order valence-corrected chi connectivity index (χ2v) is 6.52. The van der Waals surface area contributed by atoms with Crippen molar-refractivity contribution in [1.29, 1.82) is 0 Å². The van der Waals surface area contributed by atoms with Crippen LogP contribution < -0.4 is 5.32 Å². The van der Waals surface area contributed by atoms with E-state index in [4.69, 9.17) is 0 Å². The van der Waals surface area contributed by atoms with Crippen molar-refractivity contribution in [2.45, 2.75) is 32.2 Å². The quantitative estimate of drug-likeness (QED) is 0.706. The Balaban J connectivity index is 1.84. The van der Waals surface area contributed by atoms with Crippen LogP contribution in [0.2, 0.25) is 0 Å². The van der Waals surface area contributed by atoms with Crippen LogP contribution in [0.1, 0.15) is 40.6 Å². The smallest absolute Gasteiger partial charge is 0.123 e. The van der Waals surface area contributed by atoms with Crippen molar-refractivity contribution in [3.05, 3.63) is 76.6 Å². The Morgan fingerprint density at radius 1 is 1.00 bits per heavy atom. The SMILES string of the molecule is Cc1ccc(C)c2c1N[C@H](c1ccc(F)cc1)[C@@H]1CC=C[C@H]21. The van der Waals surface area contributed by atoms with Gasteiger partial charge in [0.25, 0.3) is 0 Å². The summed E-state index contributed by atoms with van der Waals surface area (Å²) in [4.78, 5) is 0. The third-order valence-electron chi connectivity index (χ3n) is 5.18. The first-order chi connectivity index (χ1) is 10.6. The number of hydrogen-bond donors (Lipinski definition) is 1. The molecule has 1 aliphatic carbocycles. The van der Waals surface area contributed by atoms with Crippen LogP contribution in [-0.4, -0.2) is 0 Å². The van der Waals surface area contributed by atoms with Crippen molar-refractivity contribution in [1.82, 2.24) is 0 Å². The predicted octanol–water partition coefficient (Wildman–Crippen LogP) is 5.27. The van der Waals surface area contributed by atoms with Crippen molar-refractivity contribution in [3.8, 4) is 0 Å². The maximum absolute atomic E-state index is 13.2. The number of anilines is 1. The van der Waals surface area contributed by atoms with Gasteiger partial charge in [0.1, 0.15) is 5.82 Å². The highest BCUT2D eigenvalue weighted by atomic mass is 19.1. The van der Waals surface area contributed by atoms with Crippen molar-refractivity contribution < 1.29 is 4.39 Å². The molecule has 0 saturated heterocycles. The Labute approximate surface area is 130 Å². The lowest BCUT2D eigenvalue weighted by molar-refractivity contribution is 0.423. The van der Waals surface area contributed by atoms with Gasteiger partial charge in [-0.15, -0.1) is 0 Å². The lowest BCUT2D eigenvalue weighted by atomic mass is 9.75. The summed E-state index contributed by atoms with van der Waals surface area (Å²) in [6.07, 6.45) is 5.73. The second kappa shape index (κ2) is 4.98. The molecule has 0 radical (unpaired) electrons. The lowest BCUT2D eigenvalue weighted by Crippen LogP contribution is -2.30. The summed E-state index contributed by atoms with van der Waals surface area (Å²) in [7, 11) is 0. The molecule has 1 nitrogen and oxygen atoms in total. The molecular formula is C20H20FN. The normalized spacial score (nSPS) is 25.5. The van der Waals surface area contributed by atoms with Gasteiger partial charge in [-0.25, -0.2) is 4.39 Å². The Morgan fingerprint density at radius 2 is 1.73 bits per heavy atom. The number of aryl methyl sites for hydroxylation is 2. The van der Waals surface area contributed by atoms with Crippen molar-refractivity contribution in [2.24, 2.45) is 5.92 Å². The van der Waals surface area contributed by atoms with Gasteiger partial charge in [0.15, 0.2) is 0 Å².